The second-order valence-electron chi connectivity index (χ2n) is 7.08. The monoisotopic (exact) mass is 466 g/mol. The summed E-state index contributed by atoms with van der Waals surface area (Å²) in [6.45, 7) is 0.625. The number of hydrogen-bond acceptors (Lipinski definition) is 4. The lowest BCUT2D eigenvalue weighted by atomic mass is 10.1. The molecule has 162 valence electrons. The molecule has 1 amide bonds. The van der Waals surface area contributed by atoms with Gasteiger partial charge in [0.25, 0.3) is 0 Å². The van der Waals surface area contributed by atoms with Crippen LogP contribution in [0, 0.1) is 5.82 Å². The number of amides is 1. The van der Waals surface area contributed by atoms with Crippen LogP contribution in [0.15, 0.2) is 88.9 Å². The second-order valence-corrected chi connectivity index (χ2v) is 8.42. The molecule has 0 spiro atoms. The van der Waals surface area contributed by atoms with Crippen LogP contribution in [-0.2, 0) is 24.2 Å². The summed E-state index contributed by atoms with van der Waals surface area (Å²) in [6, 6.07) is 23.6. The molecule has 0 atom stereocenters. The Labute approximate surface area is 194 Å². The molecule has 0 aliphatic heterocycles. The largest absolute Gasteiger partial charge is 0.325 e. The number of aryl methyl sites for hydroxylation is 2. The highest BCUT2D eigenvalue weighted by Crippen LogP contribution is 2.33. The number of para-hydroxylation sites is 1. The second kappa shape index (κ2) is 10.4. The van der Waals surface area contributed by atoms with Gasteiger partial charge in [0, 0.05) is 11.4 Å². The van der Waals surface area contributed by atoms with Crippen molar-refractivity contribution in [3.8, 4) is 0 Å². The van der Waals surface area contributed by atoms with Gasteiger partial charge in [-0.25, -0.2) is 9.07 Å². The van der Waals surface area contributed by atoms with Gasteiger partial charge in [0.05, 0.1) is 12.1 Å². The molecule has 32 heavy (non-hydrogen) atoms. The number of aromatic nitrogens is 3. The van der Waals surface area contributed by atoms with Gasteiger partial charge >= 0.3 is 0 Å². The van der Waals surface area contributed by atoms with Gasteiger partial charge in [-0.3, -0.25) is 4.79 Å². The zero-order chi connectivity index (χ0) is 22.3. The molecule has 0 bridgehead atoms. The highest BCUT2D eigenvalue weighted by molar-refractivity contribution is 7.99. The first-order valence-corrected chi connectivity index (χ1v) is 11.2. The zero-order valence-electron chi connectivity index (χ0n) is 17.0. The average molecular weight is 467 g/mol. The molecule has 5 nitrogen and oxygen atoms in total. The maximum absolute atomic E-state index is 13.4. The van der Waals surface area contributed by atoms with E-state index in [-0.39, 0.29) is 23.4 Å². The van der Waals surface area contributed by atoms with Gasteiger partial charge in [0.15, 0.2) is 5.16 Å². The first kappa shape index (κ1) is 22.0. The Morgan fingerprint density at radius 2 is 1.75 bits per heavy atom. The van der Waals surface area contributed by atoms with Crippen LogP contribution in [0.5, 0.6) is 0 Å². The molecule has 1 aromatic heterocycles. The summed E-state index contributed by atoms with van der Waals surface area (Å²) in [4.78, 5) is 17.7. The van der Waals surface area contributed by atoms with Crippen LogP contribution in [0.2, 0.25) is 5.28 Å². The number of nitrogens with one attached hydrogen (secondary N) is 1. The Kier molecular flexibility index (Phi) is 7.19. The van der Waals surface area contributed by atoms with Crippen LogP contribution in [0.3, 0.4) is 0 Å². The van der Waals surface area contributed by atoms with E-state index in [0.717, 1.165) is 11.3 Å². The number of halogens is 2. The lowest BCUT2D eigenvalue weighted by Gasteiger charge is -2.11. The Bertz CT molecular complexity index is 1220. The molecule has 0 unspecified atom stereocenters. The Balaban J connectivity index is 1.47. The minimum atomic E-state index is -0.363. The third-order valence-corrected chi connectivity index (χ3v) is 5.90. The van der Waals surface area contributed by atoms with Crippen LogP contribution in [-0.4, -0.2) is 20.7 Å². The van der Waals surface area contributed by atoms with Crippen molar-refractivity contribution in [2.45, 2.75) is 29.4 Å². The third-order valence-electron chi connectivity index (χ3n) is 4.68. The molecule has 1 N–H and O–H groups in total. The van der Waals surface area contributed by atoms with Gasteiger partial charge in [-0.1, -0.05) is 54.6 Å². The van der Waals surface area contributed by atoms with E-state index in [1.54, 1.807) is 16.8 Å². The van der Waals surface area contributed by atoms with Crippen LogP contribution in [0.25, 0.3) is 0 Å². The Morgan fingerprint density at radius 1 is 1.00 bits per heavy atom. The first-order valence-electron chi connectivity index (χ1n) is 10.0. The van der Waals surface area contributed by atoms with Crippen LogP contribution in [0.1, 0.15) is 11.1 Å². The van der Waals surface area contributed by atoms with Gasteiger partial charge in [0.1, 0.15) is 5.82 Å². The predicted molar refractivity (Wildman–Crippen MR) is 124 cm³/mol. The van der Waals surface area contributed by atoms with Gasteiger partial charge in [-0.2, -0.15) is 4.98 Å². The number of nitrogens with zero attached hydrogens (tertiary/aromatic N) is 3. The van der Waals surface area contributed by atoms with Gasteiger partial charge in [-0.15, -0.1) is 5.10 Å². The number of hydrogen-bond donors (Lipinski definition) is 1. The molecule has 0 aliphatic rings. The molecule has 1 heterocycles. The normalized spacial score (nSPS) is 10.8. The summed E-state index contributed by atoms with van der Waals surface area (Å²) in [6.07, 6.45) is 0.871. The van der Waals surface area contributed by atoms with Crippen LogP contribution < -0.4 is 5.32 Å². The fourth-order valence-corrected chi connectivity index (χ4v) is 4.35. The van der Waals surface area contributed by atoms with Gasteiger partial charge < -0.3 is 5.32 Å². The molecule has 0 radical (unpaired) electrons. The number of rotatable bonds is 8. The smallest absolute Gasteiger partial charge is 0.243 e. The molecular weight excluding hydrogens is 447 g/mol. The van der Waals surface area contributed by atoms with E-state index in [1.807, 2.05) is 42.5 Å². The molecule has 8 heteroatoms. The van der Waals surface area contributed by atoms with E-state index in [2.05, 4.69) is 27.5 Å². The van der Waals surface area contributed by atoms with E-state index in [0.29, 0.717) is 23.0 Å². The lowest BCUT2D eigenvalue weighted by Crippen LogP contribution is -2.15. The SMILES string of the molecule is O=C(Cc1cccc(F)c1)Nc1ccccc1Sc1nc(Cl)nn1CCc1ccccc1. The maximum Gasteiger partial charge on any atom is 0.243 e. The van der Waals surface area contributed by atoms with E-state index in [1.165, 1.54) is 29.5 Å². The third kappa shape index (κ3) is 5.96. The van der Waals surface area contributed by atoms with Crippen molar-refractivity contribution in [3.05, 3.63) is 101 Å². The highest BCUT2D eigenvalue weighted by Gasteiger charge is 2.14. The van der Waals surface area contributed by atoms with Crippen molar-refractivity contribution in [2.75, 3.05) is 5.32 Å². The standard InChI is InChI=1S/C24H20ClFN4OS/c25-23-28-24(30(29-23)14-13-17-7-2-1-3-8-17)32-21-12-5-4-11-20(21)27-22(31)16-18-9-6-10-19(26)15-18/h1-12,15H,13-14,16H2,(H,27,31). The minimum Gasteiger partial charge on any atom is -0.325 e. The average Bonchev–Trinajstić information content (AvgIpc) is 3.13. The molecule has 0 saturated carbocycles. The van der Waals surface area contributed by atoms with Gasteiger partial charge in [0.2, 0.25) is 11.2 Å². The molecule has 0 aliphatic carbocycles. The number of carbonyl (C=O) groups is 1. The quantitative estimate of drug-likeness (QED) is 0.364. The van der Waals surface area contributed by atoms with Crippen molar-refractivity contribution >= 4 is 35.0 Å². The molecule has 4 rings (SSSR count). The Hall–Kier alpha value is -3.16. The molecule has 0 fully saturated rings. The van der Waals surface area contributed by atoms with Crippen molar-refractivity contribution in [2.24, 2.45) is 0 Å². The zero-order valence-corrected chi connectivity index (χ0v) is 18.6. The summed E-state index contributed by atoms with van der Waals surface area (Å²) < 4.78 is 15.2. The van der Waals surface area contributed by atoms with E-state index >= 15 is 0 Å². The first-order chi connectivity index (χ1) is 15.6. The van der Waals surface area contributed by atoms with E-state index in [4.69, 9.17) is 11.6 Å². The van der Waals surface area contributed by atoms with Crippen molar-refractivity contribution in [1.29, 1.82) is 0 Å². The van der Waals surface area contributed by atoms with Crippen LogP contribution >= 0.6 is 23.4 Å². The fourth-order valence-electron chi connectivity index (χ4n) is 3.19. The lowest BCUT2D eigenvalue weighted by molar-refractivity contribution is -0.115. The van der Waals surface area contributed by atoms with Gasteiger partial charge in [-0.05, 0) is 65.2 Å². The summed E-state index contributed by atoms with van der Waals surface area (Å²) in [5, 5.41) is 8.03. The van der Waals surface area contributed by atoms with Crippen LogP contribution in [0.4, 0.5) is 10.1 Å². The summed E-state index contributed by atoms with van der Waals surface area (Å²) in [7, 11) is 0. The molecular formula is C24H20ClFN4OS. The predicted octanol–water partition coefficient (Wildman–Crippen LogP) is 5.65. The van der Waals surface area contributed by atoms with Crippen molar-refractivity contribution < 1.29 is 9.18 Å². The highest BCUT2D eigenvalue weighted by atomic mass is 35.5. The molecule has 0 saturated heterocycles. The number of carbonyl (C=O) groups excluding carboxylic acids is 1. The van der Waals surface area contributed by atoms with Crippen molar-refractivity contribution in [3.63, 3.8) is 0 Å². The summed E-state index contributed by atoms with van der Waals surface area (Å²) >= 11 is 7.46. The van der Waals surface area contributed by atoms with E-state index < -0.39 is 0 Å². The maximum atomic E-state index is 13.4. The molecule has 4 aromatic rings. The van der Waals surface area contributed by atoms with E-state index in [9.17, 15) is 9.18 Å². The Morgan fingerprint density at radius 3 is 2.56 bits per heavy atom. The number of benzene rings is 3. The molecule has 3 aromatic carbocycles. The number of anilines is 1. The topological polar surface area (TPSA) is 59.8 Å². The summed E-state index contributed by atoms with van der Waals surface area (Å²) in [5.74, 6) is -0.592. The minimum absolute atomic E-state index is 0.0792. The fraction of sp³-hybridized carbons (Fsp3) is 0.125. The summed E-state index contributed by atoms with van der Waals surface area (Å²) in [5.41, 5.74) is 2.45. The van der Waals surface area contributed by atoms with Crippen molar-refractivity contribution in [1.82, 2.24) is 14.8 Å².